The second kappa shape index (κ2) is 14.8. The van der Waals surface area contributed by atoms with Crippen LogP contribution >= 0.6 is 11.3 Å². The third-order valence-corrected chi connectivity index (χ3v) is 6.52. The summed E-state index contributed by atoms with van der Waals surface area (Å²) in [5.74, 6) is -0.947. The van der Waals surface area contributed by atoms with Crippen molar-refractivity contribution in [3.63, 3.8) is 0 Å². The Kier molecular flexibility index (Phi) is 11.8. The molecule has 2 rings (SSSR count). The number of carbonyl (C=O) groups excluding carboxylic acids is 2. The molecule has 2 amide bonds. The van der Waals surface area contributed by atoms with Crippen LogP contribution in [0.1, 0.15) is 12.8 Å². The molecule has 1 aromatic carbocycles. The number of anilines is 2. The highest BCUT2D eigenvalue weighted by Gasteiger charge is 2.19. The Labute approximate surface area is 219 Å². The molecule has 0 radical (unpaired) electrons. The van der Waals surface area contributed by atoms with Crippen LogP contribution in [0.3, 0.4) is 0 Å². The molecule has 0 unspecified atom stereocenters. The van der Waals surface area contributed by atoms with Crippen molar-refractivity contribution in [1.29, 1.82) is 0 Å². The quantitative estimate of drug-likeness (QED) is 0.0836. The van der Waals surface area contributed by atoms with Crippen molar-refractivity contribution >= 4 is 55.4 Å². The maximum Gasteiger partial charge on any atom is 0.299 e. The number of benzene rings is 1. The van der Waals surface area contributed by atoms with Gasteiger partial charge >= 0.3 is 0 Å². The van der Waals surface area contributed by atoms with E-state index in [9.17, 15) is 38.2 Å². The molecule has 0 saturated carbocycles. The molecule has 1 aromatic heterocycles. The number of nitrogens with two attached hydrogens (primary N) is 1. The number of amides is 2. The molecule has 0 aliphatic rings. The number of nitrogens with one attached hydrogen (secondary N) is 3. The van der Waals surface area contributed by atoms with E-state index in [0.29, 0.717) is 11.3 Å². The monoisotopic (exact) mass is 576 g/mol. The Morgan fingerprint density at radius 3 is 2.24 bits per heavy atom. The average molecular weight is 577 g/mol. The molecule has 5 N–H and O–H groups in total. The van der Waals surface area contributed by atoms with Crippen LogP contribution < -0.4 is 21.1 Å². The van der Waals surface area contributed by atoms with Crippen LogP contribution in [0.15, 0.2) is 22.5 Å². The number of ether oxygens (including phenoxy) is 2. The minimum Gasteiger partial charge on any atom is -0.377 e. The van der Waals surface area contributed by atoms with Crippen LogP contribution in [0.2, 0.25) is 0 Å². The molecule has 0 atom stereocenters. The standard InChI is InChI=1S/C18H24N8O10S2/c19-38(33,34)18-24-23-17(37-18)22-16(28)4-3-15(27)21-6-8-36-10-9-35-7-5-20-13-2-1-12(25(29)30)11-14(13)26(31)32/h1-2,11,20H,3-10H2,(H,21,27)(H2,19,33,34)(H,22,23,28). The summed E-state index contributed by atoms with van der Waals surface area (Å²) in [6.45, 7) is 1.23. The lowest BCUT2D eigenvalue weighted by Gasteiger charge is -2.09. The Morgan fingerprint density at radius 1 is 0.974 bits per heavy atom. The topological polar surface area (TPSA) is 261 Å². The molecule has 38 heavy (non-hydrogen) atoms. The van der Waals surface area contributed by atoms with E-state index < -0.39 is 41.7 Å². The fraction of sp³-hybridized carbons (Fsp3) is 0.444. The summed E-state index contributed by atoms with van der Waals surface area (Å²) in [7, 11) is -4.02. The zero-order chi connectivity index (χ0) is 28.1. The average Bonchev–Trinajstić information content (AvgIpc) is 3.32. The fourth-order valence-electron chi connectivity index (χ4n) is 2.65. The first-order valence-corrected chi connectivity index (χ1v) is 13.1. The number of sulfonamides is 1. The van der Waals surface area contributed by atoms with Crippen molar-refractivity contribution in [1.82, 2.24) is 15.5 Å². The van der Waals surface area contributed by atoms with Crippen molar-refractivity contribution in [3.05, 3.63) is 38.4 Å². The van der Waals surface area contributed by atoms with Crippen molar-refractivity contribution in [2.45, 2.75) is 17.2 Å². The minimum atomic E-state index is -4.02. The van der Waals surface area contributed by atoms with E-state index in [-0.39, 0.29) is 68.9 Å². The van der Waals surface area contributed by atoms with Crippen LogP contribution in [0.4, 0.5) is 22.2 Å². The van der Waals surface area contributed by atoms with E-state index in [4.69, 9.17) is 14.6 Å². The fourth-order valence-corrected chi connectivity index (χ4v) is 4.00. The molecular formula is C18H24N8O10S2. The van der Waals surface area contributed by atoms with E-state index >= 15 is 0 Å². The van der Waals surface area contributed by atoms with Gasteiger partial charge in [0, 0.05) is 32.0 Å². The SMILES string of the molecule is NS(=O)(=O)c1nnc(NC(=O)CCC(=O)NCCOCCOCCNc2ccc([N+](=O)[O-])cc2[N+](=O)[O-])s1. The Morgan fingerprint density at radius 2 is 1.63 bits per heavy atom. The van der Waals surface area contributed by atoms with Gasteiger partial charge in [0.05, 0.1) is 42.3 Å². The molecular weight excluding hydrogens is 552 g/mol. The van der Waals surface area contributed by atoms with Gasteiger partial charge in [0.2, 0.25) is 21.3 Å². The number of carbonyl (C=O) groups is 2. The molecule has 208 valence electrons. The zero-order valence-corrected chi connectivity index (χ0v) is 21.3. The summed E-state index contributed by atoms with van der Waals surface area (Å²) in [5.41, 5.74) is -0.671. The van der Waals surface area contributed by atoms with Gasteiger partial charge in [0.25, 0.3) is 21.4 Å². The smallest absolute Gasteiger partial charge is 0.299 e. The lowest BCUT2D eigenvalue weighted by molar-refractivity contribution is -0.393. The first-order chi connectivity index (χ1) is 18.0. The summed E-state index contributed by atoms with van der Waals surface area (Å²) < 4.78 is 32.5. The van der Waals surface area contributed by atoms with Gasteiger partial charge in [0.15, 0.2) is 0 Å². The van der Waals surface area contributed by atoms with Crippen molar-refractivity contribution < 1.29 is 37.3 Å². The summed E-state index contributed by atoms with van der Waals surface area (Å²) in [5, 5.41) is 41.2. The third kappa shape index (κ3) is 10.6. The number of non-ortho nitro benzene ring substituents is 1. The molecule has 20 heteroatoms. The molecule has 18 nitrogen and oxygen atoms in total. The second-order valence-corrected chi connectivity index (χ2v) is 9.90. The lowest BCUT2D eigenvalue weighted by Crippen LogP contribution is -2.28. The van der Waals surface area contributed by atoms with Crippen LogP contribution in [0.25, 0.3) is 0 Å². The van der Waals surface area contributed by atoms with Gasteiger partial charge in [-0.25, -0.2) is 13.6 Å². The number of hydrogen-bond donors (Lipinski definition) is 4. The van der Waals surface area contributed by atoms with E-state index in [2.05, 4.69) is 26.1 Å². The van der Waals surface area contributed by atoms with E-state index in [1.165, 1.54) is 6.07 Å². The molecule has 0 fully saturated rings. The van der Waals surface area contributed by atoms with Crippen molar-refractivity contribution in [3.8, 4) is 0 Å². The maximum atomic E-state index is 11.8. The van der Waals surface area contributed by atoms with Crippen LogP contribution in [0.5, 0.6) is 0 Å². The van der Waals surface area contributed by atoms with Crippen molar-refractivity contribution in [2.24, 2.45) is 5.14 Å². The first-order valence-electron chi connectivity index (χ1n) is 10.7. The second-order valence-electron chi connectivity index (χ2n) is 7.18. The molecule has 0 spiro atoms. The summed E-state index contributed by atoms with van der Waals surface area (Å²) >= 11 is 0.589. The molecule has 0 bridgehead atoms. The molecule has 0 aliphatic carbocycles. The number of primary sulfonamides is 1. The van der Waals surface area contributed by atoms with E-state index in [0.717, 1.165) is 12.1 Å². The van der Waals surface area contributed by atoms with Gasteiger partial charge in [0.1, 0.15) is 5.69 Å². The molecule has 0 saturated heterocycles. The molecule has 1 heterocycles. The van der Waals surface area contributed by atoms with E-state index in [1.54, 1.807) is 0 Å². The summed E-state index contributed by atoms with van der Waals surface area (Å²) in [6, 6.07) is 3.29. The van der Waals surface area contributed by atoms with Crippen LogP contribution in [-0.2, 0) is 29.1 Å². The van der Waals surface area contributed by atoms with Crippen LogP contribution in [0, 0.1) is 20.2 Å². The summed E-state index contributed by atoms with van der Waals surface area (Å²) in [4.78, 5) is 44.0. The number of rotatable bonds is 17. The van der Waals surface area contributed by atoms with E-state index in [1.807, 2.05) is 0 Å². The highest BCUT2D eigenvalue weighted by atomic mass is 32.2. The predicted molar refractivity (Wildman–Crippen MR) is 132 cm³/mol. The van der Waals surface area contributed by atoms with Gasteiger partial charge in [-0.3, -0.25) is 29.8 Å². The summed E-state index contributed by atoms with van der Waals surface area (Å²) in [6.07, 6.45) is -0.280. The number of aromatic nitrogens is 2. The normalized spacial score (nSPS) is 11.1. The van der Waals surface area contributed by atoms with Gasteiger partial charge in [-0.15, -0.1) is 10.2 Å². The zero-order valence-electron chi connectivity index (χ0n) is 19.7. The van der Waals surface area contributed by atoms with Gasteiger partial charge in [-0.1, -0.05) is 11.3 Å². The van der Waals surface area contributed by atoms with Gasteiger partial charge < -0.3 is 25.4 Å². The highest BCUT2D eigenvalue weighted by Crippen LogP contribution is 2.28. The Bertz CT molecular complexity index is 1250. The van der Waals surface area contributed by atoms with Gasteiger partial charge in [-0.05, 0) is 6.07 Å². The number of nitro benzene ring substituents is 2. The minimum absolute atomic E-state index is 0.0569. The largest absolute Gasteiger partial charge is 0.377 e. The number of nitrogens with zero attached hydrogens (tertiary/aromatic N) is 4. The number of hydrogen-bond acceptors (Lipinski definition) is 14. The van der Waals surface area contributed by atoms with Gasteiger partial charge in [-0.2, -0.15) is 0 Å². The van der Waals surface area contributed by atoms with Crippen LogP contribution in [-0.4, -0.2) is 79.8 Å². The Hall–Kier alpha value is -3.85. The van der Waals surface area contributed by atoms with Crippen molar-refractivity contribution in [2.75, 3.05) is 50.2 Å². The third-order valence-electron chi connectivity index (χ3n) is 4.37. The maximum absolute atomic E-state index is 11.8. The number of nitro groups is 2. The lowest BCUT2D eigenvalue weighted by atomic mass is 10.2. The molecule has 2 aromatic rings. The highest BCUT2D eigenvalue weighted by molar-refractivity contribution is 7.91. The molecule has 0 aliphatic heterocycles. The first kappa shape index (κ1) is 30.4. The predicted octanol–water partition coefficient (Wildman–Crippen LogP) is -0.0179. The Balaban J connectivity index is 1.50.